The quantitative estimate of drug-likeness (QED) is 0.492. The minimum atomic E-state index is -0.580. The summed E-state index contributed by atoms with van der Waals surface area (Å²) in [6.07, 6.45) is 2.49. The molecular formula is C19H23NO6. The van der Waals surface area contributed by atoms with Crippen LogP contribution in [0.25, 0.3) is 0 Å². The maximum Gasteiger partial charge on any atom is 0.407 e. The summed E-state index contributed by atoms with van der Waals surface area (Å²) >= 11 is 0. The van der Waals surface area contributed by atoms with E-state index in [2.05, 4.69) is 5.32 Å². The zero-order valence-electron chi connectivity index (χ0n) is 14.8. The number of amides is 1. The van der Waals surface area contributed by atoms with E-state index in [1.807, 2.05) is 30.3 Å². The van der Waals surface area contributed by atoms with Crippen molar-refractivity contribution in [1.82, 2.24) is 5.32 Å². The Kier molecular flexibility index (Phi) is 7.20. The number of alkyl carbamates (subject to hydrolysis) is 1. The highest BCUT2D eigenvalue weighted by atomic mass is 16.6. The van der Waals surface area contributed by atoms with Crippen molar-refractivity contribution >= 4 is 18.0 Å². The van der Waals surface area contributed by atoms with Crippen LogP contribution in [-0.4, -0.2) is 36.3 Å². The van der Waals surface area contributed by atoms with Crippen molar-refractivity contribution < 1.29 is 28.6 Å². The van der Waals surface area contributed by atoms with Gasteiger partial charge in [0.05, 0.1) is 0 Å². The summed E-state index contributed by atoms with van der Waals surface area (Å²) < 4.78 is 15.6. The zero-order valence-corrected chi connectivity index (χ0v) is 14.8. The summed E-state index contributed by atoms with van der Waals surface area (Å²) in [6.45, 7) is 2.79. The number of benzene rings is 1. The van der Waals surface area contributed by atoms with Gasteiger partial charge in [-0.05, 0) is 17.7 Å². The second-order valence-corrected chi connectivity index (χ2v) is 6.06. The number of hydrogen-bond acceptors (Lipinski definition) is 6. The molecule has 0 aromatic heterocycles. The zero-order chi connectivity index (χ0) is 18.9. The van der Waals surface area contributed by atoms with Gasteiger partial charge < -0.3 is 19.5 Å². The van der Waals surface area contributed by atoms with Gasteiger partial charge in [-0.15, -0.1) is 0 Å². The van der Waals surface area contributed by atoms with Crippen LogP contribution in [0.5, 0.6) is 0 Å². The number of rotatable bonds is 5. The number of esters is 2. The summed E-state index contributed by atoms with van der Waals surface area (Å²) in [5, 5.41) is 2.75. The smallest absolute Gasteiger partial charge is 0.407 e. The van der Waals surface area contributed by atoms with Gasteiger partial charge in [-0.2, -0.15) is 0 Å². The fourth-order valence-corrected chi connectivity index (χ4v) is 2.71. The van der Waals surface area contributed by atoms with Crippen molar-refractivity contribution in [2.45, 2.75) is 51.5 Å². The molecule has 1 amide bonds. The molecule has 2 rings (SSSR count). The van der Waals surface area contributed by atoms with Crippen molar-refractivity contribution in [2.75, 3.05) is 0 Å². The third-order valence-corrected chi connectivity index (χ3v) is 3.74. The molecule has 0 bridgehead atoms. The molecule has 0 fully saturated rings. The number of carbonyl (C=O) groups is 3. The lowest BCUT2D eigenvalue weighted by molar-refractivity contribution is -0.145. The van der Waals surface area contributed by atoms with E-state index in [0.29, 0.717) is 12.8 Å². The third-order valence-electron chi connectivity index (χ3n) is 3.74. The van der Waals surface area contributed by atoms with Crippen LogP contribution in [0.2, 0.25) is 0 Å². The Morgan fingerprint density at radius 1 is 0.962 bits per heavy atom. The molecule has 0 saturated carbocycles. The Hall–Kier alpha value is -2.83. The lowest BCUT2D eigenvalue weighted by atomic mass is 10.1. The number of carbonyl (C=O) groups excluding carboxylic acids is 3. The molecule has 1 unspecified atom stereocenters. The van der Waals surface area contributed by atoms with E-state index in [0.717, 1.165) is 5.56 Å². The van der Waals surface area contributed by atoms with Crippen molar-refractivity contribution in [3.63, 3.8) is 0 Å². The second-order valence-electron chi connectivity index (χ2n) is 6.06. The van der Waals surface area contributed by atoms with Gasteiger partial charge in [-0.25, -0.2) is 4.79 Å². The van der Waals surface area contributed by atoms with Gasteiger partial charge in [-0.3, -0.25) is 9.59 Å². The van der Waals surface area contributed by atoms with Crippen LogP contribution in [0, 0.1) is 0 Å². The van der Waals surface area contributed by atoms with Crippen LogP contribution in [0.15, 0.2) is 42.5 Å². The van der Waals surface area contributed by atoms with Gasteiger partial charge in [0.2, 0.25) is 0 Å². The molecular weight excluding hydrogens is 338 g/mol. The predicted octanol–water partition coefficient (Wildman–Crippen LogP) is 2.49. The van der Waals surface area contributed by atoms with Crippen molar-refractivity contribution in [2.24, 2.45) is 0 Å². The Bertz CT molecular complexity index is 629. The number of hydrogen-bond donors (Lipinski definition) is 1. The van der Waals surface area contributed by atoms with Crippen LogP contribution in [0.1, 0.15) is 32.3 Å². The Balaban J connectivity index is 1.94. The maximum atomic E-state index is 12.1. The van der Waals surface area contributed by atoms with E-state index in [9.17, 15) is 14.4 Å². The molecule has 1 aromatic carbocycles. The molecule has 26 heavy (non-hydrogen) atoms. The first-order chi connectivity index (χ1) is 12.4. The van der Waals surface area contributed by atoms with Crippen LogP contribution in [0.4, 0.5) is 4.79 Å². The molecule has 1 N–H and O–H groups in total. The third kappa shape index (κ3) is 6.96. The fourth-order valence-electron chi connectivity index (χ4n) is 2.71. The summed E-state index contributed by atoms with van der Waals surface area (Å²) in [6, 6.07) is 8.95. The van der Waals surface area contributed by atoms with Crippen molar-refractivity contribution in [3.8, 4) is 0 Å². The van der Waals surface area contributed by atoms with E-state index >= 15 is 0 Å². The average molecular weight is 361 g/mol. The summed E-state index contributed by atoms with van der Waals surface area (Å²) in [7, 11) is 0. The molecule has 1 aliphatic rings. The van der Waals surface area contributed by atoms with E-state index < -0.39 is 30.2 Å². The Labute approximate surface area is 152 Å². The molecule has 1 aromatic rings. The molecule has 0 spiro atoms. The molecule has 0 aliphatic heterocycles. The molecule has 0 saturated heterocycles. The second kappa shape index (κ2) is 9.60. The minimum absolute atomic E-state index is 0.151. The van der Waals surface area contributed by atoms with E-state index in [1.54, 1.807) is 12.2 Å². The van der Waals surface area contributed by atoms with Gasteiger partial charge in [-0.1, -0.05) is 30.3 Å². The first kappa shape index (κ1) is 19.5. The largest absolute Gasteiger partial charge is 0.458 e. The van der Waals surface area contributed by atoms with Crippen molar-refractivity contribution in [1.29, 1.82) is 0 Å². The van der Waals surface area contributed by atoms with Crippen molar-refractivity contribution in [3.05, 3.63) is 48.0 Å². The topological polar surface area (TPSA) is 90.9 Å². The molecule has 0 radical (unpaired) electrons. The highest BCUT2D eigenvalue weighted by molar-refractivity contribution is 5.68. The van der Waals surface area contributed by atoms with Crippen LogP contribution in [0.3, 0.4) is 0 Å². The van der Waals surface area contributed by atoms with Gasteiger partial charge in [0.25, 0.3) is 0 Å². The highest BCUT2D eigenvalue weighted by Crippen LogP contribution is 2.18. The average Bonchev–Trinajstić information content (AvgIpc) is 2.74. The molecule has 140 valence electrons. The lowest BCUT2D eigenvalue weighted by Crippen LogP contribution is -2.39. The standard InChI is InChI=1S/C19H23NO6/c1-13(21)25-17-8-9-18(26-14(2)22)11-16(10-17)20-19(23)24-12-15-6-4-3-5-7-15/h3-9,16-18H,10-12H2,1-2H3,(H,20,23)/t16?,17-,18+. The fraction of sp³-hybridized carbons (Fsp3) is 0.421. The van der Waals surface area contributed by atoms with Crippen LogP contribution >= 0.6 is 0 Å². The molecule has 1 aliphatic carbocycles. The summed E-state index contributed by atoms with van der Waals surface area (Å²) in [5.74, 6) is -0.841. The highest BCUT2D eigenvalue weighted by Gasteiger charge is 2.26. The van der Waals surface area contributed by atoms with Gasteiger partial charge in [0, 0.05) is 32.7 Å². The number of ether oxygens (including phenoxy) is 3. The first-order valence-electron chi connectivity index (χ1n) is 8.42. The first-order valence-corrected chi connectivity index (χ1v) is 8.42. The minimum Gasteiger partial charge on any atom is -0.458 e. The Morgan fingerprint density at radius 3 is 2.00 bits per heavy atom. The lowest BCUT2D eigenvalue weighted by Gasteiger charge is -2.22. The van der Waals surface area contributed by atoms with E-state index in [4.69, 9.17) is 14.2 Å². The van der Waals surface area contributed by atoms with E-state index in [1.165, 1.54) is 13.8 Å². The molecule has 0 heterocycles. The Morgan fingerprint density at radius 2 is 1.50 bits per heavy atom. The number of nitrogens with one attached hydrogen (secondary N) is 1. The predicted molar refractivity (Wildman–Crippen MR) is 93.0 cm³/mol. The molecule has 7 heteroatoms. The van der Waals surface area contributed by atoms with E-state index in [-0.39, 0.29) is 12.6 Å². The summed E-state index contributed by atoms with van der Waals surface area (Å²) in [5.41, 5.74) is 0.876. The van der Waals surface area contributed by atoms with Crippen LogP contribution < -0.4 is 5.32 Å². The monoisotopic (exact) mass is 361 g/mol. The SMILES string of the molecule is CC(=O)O[C@@H]1C=C[C@H](OC(C)=O)CC(NC(=O)OCc2ccccc2)C1. The summed E-state index contributed by atoms with van der Waals surface area (Å²) in [4.78, 5) is 34.5. The maximum absolute atomic E-state index is 12.1. The molecule has 3 atom stereocenters. The van der Waals surface area contributed by atoms with Gasteiger partial charge in [0.15, 0.2) is 0 Å². The normalized spacial score (nSPS) is 22.0. The molecule has 7 nitrogen and oxygen atoms in total. The van der Waals surface area contributed by atoms with Crippen LogP contribution in [-0.2, 0) is 30.4 Å². The van der Waals surface area contributed by atoms with Gasteiger partial charge >= 0.3 is 18.0 Å². The van der Waals surface area contributed by atoms with Gasteiger partial charge in [0.1, 0.15) is 18.8 Å².